The van der Waals surface area contributed by atoms with Gasteiger partial charge in [0.1, 0.15) is 0 Å². The molecule has 0 spiro atoms. The predicted molar refractivity (Wildman–Crippen MR) is 69.2 cm³/mol. The lowest BCUT2D eigenvalue weighted by Gasteiger charge is -2.37. The summed E-state index contributed by atoms with van der Waals surface area (Å²) in [4.78, 5) is 12.4. The Morgan fingerprint density at radius 3 is 2.65 bits per heavy atom. The van der Waals surface area contributed by atoms with Gasteiger partial charge in [-0.1, -0.05) is 6.92 Å². The smallest absolute Gasteiger partial charge is 0.416 e. The SMILES string of the molecule is CC[C@@H]1CC(Cl)c2cc(C(F)(F)F)ccc2N1C(=O)O. The summed E-state index contributed by atoms with van der Waals surface area (Å²) < 4.78 is 38.1. The maximum absolute atomic E-state index is 12.7. The van der Waals surface area contributed by atoms with E-state index in [0.717, 1.165) is 17.0 Å². The van der Waals surface area contributed by atoms with E-state index in [9.17, 15) is 23.1 Å². The zero-order valence-electron chi connectivity index (χ0n) is 10.6. The number of nitrogens with zero attached hydrogens (tertiary/aromatic N) is 1. The van der Waals surface area contributed by atoms with E-state index in [2.05, 4.69) is 0 Å². The van der Waals surface area contributed by atoms with E-state index in [4.69, 9.17) is 11.6 Å². The first-order chi connectivity index (χ1) is 9.25. The van der Waals surface area contributed by atoms with Crippen molar-refractivity contribution in [1.29, 1.82) is 0 Å². The zero-order chi connectivity index (χ0) is 15.1. The molecule has 2 rings (SSSR count). The zero-order valence-corrected chi connectivity index (χ0v) is 11.4. The first-order valence-corrected chi connectivity index (χ1v) is 6.56. The second-order valence-electron chi connectivity index (χ2n) is 4.69. The van der Waals surface area contributed by atoms with Crippen LogP contribution >= 0.6 is 11.6 Å². The van der Waals surface area contributed by atoms with Crippen LogP contribution in [0.25, 0.3) is 0 Å². The molecule has 1 aromatic carbocycles. The van der Waals surface area contributed by atoms with Crippen molar-refractivity contribution in [3.8, 4) is 0 Å². The first kappa shape index (κ1) is 15.0. The lowest BCUT2D eigenvalue weighted by molar-refractivity contribution is -0.137. The van der Waals surface area contributed by atoms with Gasteiger partial charge in [-0.15, -0.1) is 11.6 Å². The van der Waals surface area contributed by atoms with E-state index in [1.807, 2.05) is 6.92 Å². The van der Waals surface area contributed by atoms with E-state index in [1.54, 1.807) is 0 Å². The molecule has 3 nitrogen and oxygen atoms in total. The number of carboxylic acid groups (broad SMARTS) is 1. The summed E-state index contributed by atoms with van der Waals surface area (Å²) in [7, 11) is 0. The molecule has 1 unspecified atom stereocenters. The molecule has 1 aliphatic heterocycles. The molecule has 0 saturated heterocycles. The molecule has 1 N–H and O–H groups in total. The molecule has 0 aliphatic carbocycles. The molecular weight excluding hydrogens is 295 g/mol. The Morgan fingerprint density at radius 2 is 2.15 bits per heavy atom. The molecule has 1 aromatic rings. The maximum Gasteiger partial charge on any atom is 0.416 e. The minimum Gasteiger partial charge on any atom is -0.465 e. The number of anilines is 1. The van der Waals surface area contributed by atoms with Crippen LogP contribution in [0.4, 0.5) is 23.7 Å². The highest BCUT2D eigenvalue weighted by Gasteiger charge is 2.37. The number of halogens is 4. The van der Waals surface area contributed by atoms with E-state index in [0.29, 0.717) is 12.8 Å². The van der Waals surface area contributed by atoms with Gasteiger partial charge < -0.3 is 5.11 Å². The van der Waals surface area contributed by atoms with Gasteiger partial charge in [-0.05, 0) is 36.6 Å². The van der Waals surface area contributed by atoms with Crippen molar-refractivity contribution in [2.75, 3.05) is 4.90 Å². The summed E-state index contributed by atoms with van der Waals surface area (Å²) >= 11 is 6.13. The number of rotatable bonds is 1. The van der Waals surface area contributed by atoms with Gasteiger partial charge >= 0.3 is 12.3 Å². The Bertz CT molecular complexity index is 533. The van der Waals surface area contributed by atoms with E-state index >= 15 is 0 Å². The summed E-state index contributed by atoms with van der Waals surface area (Å²) in [6.07, 6.45) is -4.79. The second-order valence-corrected chi connectivity index (χ2v) is 5.22. The van der Waals surface area contributed by atoms with Gasteiger partial charge in [-0.2, -0.15) is 13.2 Å². The molecular formula is C13H13ClF3NO2. The van der Waals surface area contributed by atoms with Crippen molar-refractivity contribution in [2.45, 2.75) is 37.4 Å². The monoisotopic (exact) mass is 307 g/mol. The number of carbonyl (C=O) groups is 1. The highest BCUT2D eigenvalue weighted by atomic mass is 35.5. The first-order valence-electron chi connectivity index (χ1n) is 6.13. The molecule has 1 amide bonds. The van der Waals surface area contributed by atoms with Crippen molar-refractivity contribution in [1.82, 2.24) is 0 Å². The van der Waals surface area contributed by atoms with Crippen molar-refractivity contribution in [3.05, 3.63) is 29.3 Å². The molecule has 0 fully saturated rings. The number of benzene rings is 1. The molecule has 1 heterocycles. The summed E-state index contributed by atoms with van der Waals surface area (Å²) in [6.45, 7) is 1.82. The summed E-state index contributed by atoms with van der Waals surface area (Å²) in [5.74, 6) is 0. The van der Waals surface area contributed by atoms with Crippen molar-refractivity contribution in [3.63, 3.8) is 0 Å². The summed E-state index contributed by atoms with van der Waals surface area (Å²) in [6, 6.07) is 2.69. The molecule has 0 saturated carbocycles. The van der Waals surface area contributed by atoms with Crippen molar-refractivity contribution >= 4 is 23.4 Å². The van der Waals surface area contributed by atoms with Gasteiger partial charge in [0, 0.05) is 6.04 Å². The Balaban J connectivity index is 2.54. The quantitative estimate of drug-likeness (QED) is 0.767. The maximum atomic E-state index is 12.7. The van der Waals surface area contributed by atoms with E-state index in [1.165, 1.54) is 6.07 Å². The van der Waals surface area contributed by atoms with Crippen LogP contribution in [0.5, 0.6) is 0 Å². The van der Waals surface area contributed by atoms with Crippen LogP contribution in [0, 0.1) is 0 Å². The molecule has 110 valence electrons. The topological polar surface area (TPSA) is 40.5 Å². The van der Waals surface area contributed by atoms with Crippen LogP contribution in [-0.4, -0.2) is 17.2 Å². The van der Waals surface area contributed by atoms with Gasteiger partial charge in [-0.25, -0.2) is 4.79 Å². The highest BCUT2D eigenvalue weighted by Crippen LogP contribution is 2.44. The van der Waals surface area contributed by atoms with E-state index < -0.39 is 23.2 Å². The van der Waals surface area contributed by atoms with Crippen LogP contribution in [0.15, 0.2) is 18.2 Å². The average Bonchev–Trinajstić information content (AvgIpc) is 2.36. The minimum absolute atomic E-state index is 0.216. The van der Waals surface area contributed by atoms with Crippen LogP contribution in [0.2, 0.25) is 0 Å². The summed E-state index contributed by atoms with van der Waals surface area (Å²) in [5.41, 5.74) is -0.362. The third-order valence-electron chi connectivity index (χ3n) is 3.47. The molecule has 0 radical (unpaired) electrons. The highest BCUT2D eigenvalue weighted by molar-refractivity contribution is 6.21. The van der Waals surface area contributed by atoms with E-state index in [-0.39, 0.29) is 17.3 Å². The number of amides is 1. The number of fused-ring (bicyclic) bond motifs is 1. The van der Waals surface area contributed by atoms with Gasteiger partial charge in [0.05, 0.1) is 16.6 Å². The van der Waals surface area contributed by atoms with Crippen LogP contribution in [0.3, 0.4) is 0 Å². The largest absolute Gasteiger partial charge is 0.465 e. The van der Waals surface area contributed by atoms with Crippen molar-refractivity contribution < 1.29 is 23.1 Å². The fraction of sp³-hybridized carbons (Fsp3) is 0.462. The minimum atomic E-state index is -4.47. The summed E-state index contributed by atoms with van der Waals surface area (Å²) in [5, 5.41) is 8.64. The number of alkyl halides is 4. The lowest BCUT2D eigenvalue weighted by atomic mass is 9.92. The lowest BCUT2D eigenvalue weighted by Crippen LogP contribution is -2.43. The Hall–Kier alpha value is -1.43. The van der Waals surface area contributed by atoms with Gasteiger partial charge in [0.2, 0.25) is 0 Å². The number of hydrogen-bond acceptors (Lipinski definition) is 1. The van der Waals surface area contributed by atoms with Crippen LogP contribution < -0.4 is 4.90 Å². The van der Waals surface area contributed by atoms with Crippen molar-refractivity contribution in [2.24, 2.45) is 0 Å². The molecule has 20 heavy (non-hydrogen) atoms. The molecule has 2 atom stereocenters. The Labute approximate surface area is 118 Å². The third-order valence-corrected chi connectivity index (χ3v) is 3.89. The average molecular weight is 308 g/mol. The fourth-order valence-corrected chi connectivity index (χ4v) is 2.86. The normalized spacial score (nSPS) is 22.6. The standard InChI is InChI=1S/C13H13ClF3NO2/c1-2-8-6-10(14)9-5-7(13(15,16)17)3-4-11(9)18(8)12(19)20/h3-5,8,10H,2,6H2,1H3,(H,19,20)/t8-,10?/m1/s1. The molecule has 0 bridgehead atoms. The van der Waals surface area contributed by atoms with Gasteiger partial charge in [-0.3, -0.25) is 4.90 Å². The molecule has 1 aliphatic rings. The van der Waals surface area contributed by atoms with Gasteiger partial charge in [0.15, 0.2) is 0 Å². The molecule has 0 aromatic heterocycles. The Kier molecular flexibility index (Phi) is 3.86. The second kappa shape index (κ2) is 5.16. The van der Waals surface area contributed by atoms with Crippen LogP contribution in [-0.2, 0) is 6.18 Å². The fourth-order valence-electron chi connectivity index (χ4n) is 2.48. The predicted octanol–water partition coefficient (Wildman–Crippen LogP) is 4.65. The third kappa shape index (κ3) is 2.57. The molecule has 7 heteroatoms. The Morgan fingerprint density at radius 1 is 1.50 bits per heavy atom. The van der Waals surface area contributed by atoms with Crippen LogP contribution in [0.1, 0.15) is 36.3 Å². The van der Waals surface area contributed by atoms with Gasteiger partial charge in [0.25, 0.3) is 0 Å². The number of hydrogen-bond donors (Lipinski definition) is 1.